The summed E-state index contributed by atoms with van der Waals surface area (Å²) in [6.45, 7) is 7.60. The van der Waals surface area contributed by atoms with Crippen molar-refractivity contribution in [2.75, 3.05) is 40.4 Å². The van der Waals surface area contributed by atoms with Gasteiger partial charge in [0.05, 0.1) is 25.8 Å². The molecule has 2 N–H and O–H groups in total. The molecule has 1 saturated heterocycles. The van der Waals surface area contributed by atoms with E-state index < -0.39 is 0 Å². The molecule has 0 saturated carbocycles. The van der Waals surface area contributed by atoms with Gasteiger partial charge in [-0.15, -0.1) is 31.4 Å². The minimum absolute atomic E-state index is 0. The quantitative estimate of drug-likeness (QED) is 0.798. The van der Waals surface area contributed by atoms with Gasteiger partial charge in [-0.1, -0.05) is 6.08 Å². The second-order valence-corrected chi connectivity index (χ2v) is 4.73. The highest BCUT2D eigenvalue weighted by atomic mass is 35.5. The normalized spacial score (nSPS) is 15.9. The summed E-state index contributed by atoms with van der Waals surface area (Å²) >= 11 is 0. The first-order valence-electron chi connectivity index (χ1n) is 6.73. The van der Waals surface area contributed by atoms with E-state index in [4.69, 9.17) is 9.47 Å². The van der Waals surface area contributed by atoms with E-state index in [2.05, 4.69) is 16.8 Å². The van der Waals surface area contributed by atoms with E-state index in [9.17, 15) is 5.11 Å². The number of piperazine rings is 1. The van der Waals surface area contributed by atoms with Crippen molar-refractivity contribution < 1.29 is 14.6 Å². The Labute approximate surface area is 144 Å². The fourth-order valence-corrected chi connectivity index (χ4v) is 2.58. The maximum absolute atomic E-state index is 10.3. The van der Waals surface area contributed by atoms with Crippen LogP contribution in [0.2, 0.25) is 0 Å². The van der Waals surface area contributed by atoms with Gasteiger partial charge in [0.25, 0.3) is 0 Å². The number of halogens is 2. The van der Waals surface area contributed by atoms with E-state index >= 15 is 0 Å². The third-order valence-electron chi connectivity index (χ3n) is 3.61. The van der Waals surface area contributed by atoms with Gasteiger partial charge >= 0.3 is 0 Å². The molecule has 5 nitrogen and oxygen atoms in total. The fraction of sp³-hybridized carbons (Fsp3) is 0.467. The summed E-state index contributed by atoms with van der Waals surface area (Å²) in [6.07, 6.45) is 1.84. The van der Waals surface area contributed by atoms with Gasteiger partial charge in [0.1, 0.15) is 17.2 Å². The van der Waals surface area contributed by atoms with Crippen LogP contribution < -0.4 is 14.8 Å². The molecule has 0 unspecified atom stereocenters. The second-order valence-electron chi connectivity index (χ2n) is 4.73. The SMILES string of the molecule is C=C[C@@H](c1c(O)cc(OC)cc1OC)N1CCNCC1.Cl.Cl. The molecule has 0 aromatic heterocycles. The molecule has 0 amide bonds. The number of hydrogen-bond acceptors (Lipinski definition) is 5. The topological polar surface area (TPSA) is 54.0 Å². The summed E-state index contributed by atoms with van der Waals surface area (Å²) in [4.78, 5) is 2.27. The molecule has 1 heterocycles. The Bertz CT molecular complexity index is 480. The van der Waals surface area contributed by atoms with E-state index in [0.29, 0.717) is 11.5 Å². The van der Waals surface area contributed by atoms with Crippen LogP contribution in [0.4, 0.5) is 0 Å². The van der Waals surface area contributed by atoms with E-state index in [0.717, 1.165) is 31.7 Å². The Hall–Kier alpha value is -1.14. The lowest BCUT2D eigenvalue weighted by Gasteiger charge is -2.34. The van der Waals surface area contributed by atoms with E-state index in [-0.39, 0.29) is 36.6 Å². The van der Waals surface area contributed by atoms with Crippen molar-refractivity contribution >= 4 is 24.8 Å². The van der Waals surface area contributed by atoms with Crippen molar-refractivity contribution in [2.45, 2.75) is 6.04 Å². The lowest BCUT2D eigenvalue weighted by Crippen LogP contribution is -2.44. The van der Waals surface area contributed by atoms with Crippen LogP contribution in [-0.4, -0.2) is 50.4 Å². The number of benzene rings is 1. The summed E-state index contributed by atoms with van der Waals surface area (Å²) in [7, 11) is 3.16. The zero-order valence-electron chi connectivity index (χ0n) is 12.9. The monoisotopic (exact) mass is 350 g/mol. The van der Waals surface area contributed by atoms with Crippen LogP contribution in [0.25, 0.3) is 0 Å². The summed E-state index contributed by atoms with van der Waals surface area (Å²) in [5, 5.41) is 13.6. The standard InChI is InChI=1S/C15H22N2O3.2ClH/c1-4-12(17-7-5-16-6-8-17)15-13(18)9-11(19-2)10-14(15)20-3;;/h4,9-10,12,16,18H,1,5-8H2,2-3H3;2*1H/t12-;;/m0../s1. The average Bonchev–Trinajstić information content (AvgIpc) is 2.50. The van der Waals surface area contributed by atoms with Crippen molar-refractivity contribution in [2.24, 2.45) is 0 Å². The molecule has 1 aromatic rings. The van der Waals surface area contributed by atoms with Crippen molar-refractivity contribution in [3.05, 3.63) is 30.4 Å². The number of ether oxygens (including phenoxy) is 2. The summed E-state index contributed by atoms with van der Waals surface area (Å²) in [6, 6.07) is 3.32. The molecule has 22 heavy (non-hydrogen) atoms. The van der Waals surface area contributed by atoms with E-state index in [1.54, 1.807) is 26.4 Å². The number of rotatable bonds is 5. The van der Waals surface area contributed by atoms with Crippen LogP contribution in [0.5, 0.6) is 17.2 Å². The van der Waals surface area contributed by atoms with E-state index in [1.165, 1.54) is 0 Å². The molecule has 2 rings (SSSR count). The molecule has 1 fully saturated rings. The Balaban J connectivity index is 0.00000220. The predicted octanol–water partition coefficient (Wildman–Crippen LogP) is 2.39. The molecule has 0 bridgehead atoms. The highest BCUT2D eigenvalue weighted by Crippen LogP contribution is 2.40. The second kappa shape index (κ2) is 9.79. The summed E-state index contributed by atoms with van der Waals surface area (Å²) in [5.41, 5.74) is 0.741. The first-order chi connectivity index (χ1) is 9.71. The van der Waals surface area contributed by atoms with Crippen LogP contribution in [0, 0.1) is 0 Å². The Morgan fingerprint density at radius 2 is 1.86 bits per heavy atom. The van der Waals surface area contributed by atoms with Crippen molar-refractivity contribution in [3.8, 4) is 17.2 Å². The van der Waals surface area contributed by atoms with Crippen LogP contribution >= 0.6 is 24.8 Å². The molecule has 0 spiro atoms. The van der Waals surface area contributed by atoms with Crippen molar-refractivity contribution in [3.63, 3.8) is 0 Å². The Morgan fingerprint density at radius 3 is 2.36 bits per heavy atom. The zero-order chi connectivity index (χ0) is 14.5. The highest BCUT2D eigenvalue weighted by Gasteiger charge is 2.25. The van der Waals surface area contributed by atoms with Crippen LogP contribution in [0.1, 0.15) is 11.6 Å². The Kier molecular flexibility index (Phi) is 9.28. The largest absolute Gasteiger partial charge is 0.507 e. The fourth-order valence-electron chi connectivity index (χ4n) is 2.58. The molecule has 1 aromatic carbocycles. The Morgan fingerprint density at radius 1 is 1.23 bits per heavy atom. The molecule has 1 aliphatic heterocycles. The van der Waals surface area contributed by atoms with Crippen LogP contribution in [0.15, 0.2) is 24.8 Å². The van der Waals surface area contributed by atoms with Gasteiger partial charge < -0.3 is 19.9 Å². The van der Waals surface area contributed by atoms with Gasteiger partial charge in [-0.05, 0) is 0 Å². The molecule has 1 atom stereocenters. The third kappa shape index (κ3) is 4.43. The van der Waals surface area contributed by atoms with Gasteiger partial charge in [0.15, 0.2) is 0 Å². The van der Waals surface area contributed by atoms with E-state index in [1.807, 2.05) is 6.08 Å². The molecule has 126 valence electrons. The molecule has 1 aliphatic rings. The average molecular weight is 351 g/mol. The number of phenols is 1. The number of methoxy groups -OCH3 is 2. The number of aromatic hydroxyl groups is 1. The first kappa shape index (κ1) is 20.9. The van der Waals surface area contributed by atoms with Gasteiger partial charge in [0.2, 0.25) is 0 Å². The molecule has 7 heteroatoms. The summed E-state index contributed by atoms with van der Waals surface area (Å²) in [5.74, 6) is 1.36. The third-order valence-corrected chi connectivity index (χ3v) is 3.61. The lowest BCUT2D eigenvalue weighted by atomic mass is 10.0. The van der Waals surface area contributed by atoms with Crippen LogP contribution in [0.3, 0.4) is 0 Å². The minimum atomic E-state index is -0.0713. The predicted molar refractivity (Wildman–Crippen MR) is 93.1 cm³/mol. The smallest absolute Gasteiger partial charge is 0.131 e. The first-order valence-corrected chi connectivity index (χ1v) is 6.73. The van der Waals surface area contributed by atoms with Gasteiger partial charge in [-0.2, -0.15) is 0 Å². The number of phenolic OH excluding ortho intramolecular Hbond substituents is 1. The summed E-state index contributed by atoms with van der Waals surface area (Å²) < 4.78 is 10.6. The maximum atomic E-state index is 10.3. The number of hydrogen-bond donors (Lipinski definition) is 2. The van der Waals surface area contributed by atoms with Gasteiger partial charge in [-0.3, -0.25) is 4.90 Å². The number of nitrogens with zero attached hydrogens (tertiary/aromatic N) is 1. The maximum Gasteiger partial charge on any atom is 0.131 e. The molecular weight excluding hydrogens is 327 g/mol. The van der Waals surface area contributed by atoms with Crippen molar-refractivity contribution in [1.29, 1.82) is 0 Å². The lowest BCUT2D eigenvalue weighted by molar-refractivity contribution is 0.197. The zero-order valence-corrected chi connectivity index (χ0v) is 14.5. The minimum Gasteiger partial charge on any atom is -0.507 e. The number of nitrogens with one attached hydrogen (secondary N) is 1. The molecular formula is C15H24Cl2N2O3. The van der Waals surface area contributed by atoms with Crippen molar-refractivity contribution in [1.82, 2.24) is 10.2 Å². The van der Waals surface area contributed by atoms with Gasteiger partial charge in [-0.25, -0.2) is 0 Å². The van der Waals surface area contributed by atoms with Gasteiger partial charge in [0, 0.05) is 38.3 Å². The molecule has 0 radical (unpaired) electrons. The van der Waals surface area contributed by atoms with Crippen LogP contribution in [-0.2, 0) is 0 Å². The molecule has 0 aliphatic carbocycles. The highest BCUT2D eigenvalue weighted by molar-refractivity contribution is 5.85.